The van der Waals surface area contributed by atoms with Crippen molar-refractivity contribution in [1.82, 2.24) is 9.75 Å². The third-order valence-corrected chi connectivity index (χ3v) is 3.21. The molecule has 1 heterocycles. The van der Waals surface area contributed by atoms with Crippen LogP contribution in [0.3, 0.4) is 0 Å². The van der Waals surface area contributed by atoms with Crippen LogP contribution in [0.1, 0.15) is 17.3 Å². The van der Waals surface area contributed by atoms with E-state index in [1.54, 1.807) is 0 Å². The Morgan fingerprint density at radius 3 is 3.14 bits per heavy atom. The van der Waals surface area contributed by atoms with Crippen LogP contribution in [-0.4, -0.2) is 42.5 Å². The lowest BCUT2D eigenvalue weighted by Gasteiger charge is -2.33. The zero-order valence-electron chi connectivity index (χ0n) is 16.0. The van der Waals surface area contributed by atoms with Crippen molar-refractivity contribution in [2.45, 2.75) is 6.37 Å². The fraction of sp³-hybridized carbons (Fsp3) is 1.00. The molecule has 0 aromatic carbocycles. The summed E-state index contributed by atoms with van der Waals surface area (Å²) in [6.45, 7) is -9.83. The normalized spacial score (nSPS) is 50.9. The minimum Gasteiger partial charge on any atom is -0.306 e. The van der Waals surface area contributed by atoms with Gasteiger partial charge in [0.2, 0.25) is 0 Å². The van der Waals surface area contributed by atoms with Crippen molar-refractivity contribution in [2.75, 3.05) is 37.9 Å². The van der Waals surface area contributed by atoms with Gasteiger partial charge in [0, 0.05) is 39.5 Å². The van der Waals surface area contributed by atoms with E-state index in [-0.39, 0.29) is 11.0 Å². The molecule has 1 fully saturated rings. The molecule has 0 radical (unpaired) electrons. The van der Waals surface area contributed by atoms with Crippen LogP contribution in [0, 0.1) is 0 Å². The molecule has 1 N–H and O–H groups in total. The van der Waals surface area contributed by atoms with E-state index in [4.69, 9.17) is 35.6 Å². The van der Waals surface area contributed by atoms with Gasteiger partial charge in [0.05, 0.1) is 9.30 Å². The third kappa shape index (κ3) is 3.37. The van der Waals surface area contributed by atoms with Crippen LogP contribution in [0.15, 0.2) is 0 Å². The molecule has 0 amide bonds. The van der Waals surface area contributed by atoms with Crippen LogP contribution in [-0.2, 0) is 9.09 Å². The Hall–Kier alpha value is 0.690. The minimum absolute atomic E-state index is 0.295. The molecular weight excluding hydrogens is 246 g/mol. The van der Waals surface area contributed by atoms with Crippen LogP contribution >= 0.6 is 30.9 Å². The molecule has 0 spiro atoms. The zero-order chi connectivity index (χ0) is 18.5. The van der Waals surface area contributed by atoms with Crippen molar-refractivity contribution in [3.8, 4) is 0 Å². The van der Waals surface area contributed by atoms with Crippen molar-refractivity contribution in [3.63, 3.8) is 0 Å². The molecule has 0 aromatic heterocycles. The molecule has 0 saturated carbocycles. The van der Waals surface area contributed by atoms with Gasteiger partial charge in [-0.25, -0.2) is 9.75 Å². The van der Waals surface area contributed by atoms with Crippen molar-refractivity contribution < 1.29 is 21.5 Å². The average molecular weight is 270 g/mol. The van der Waals surface area contributed by atoms with Crippen LogP contribution in [0.25, 0.3) is 0 Å². The highest BCUT2D eigenvalue weighted by molar-refractivity contribution is 7.54. The van der Waals surface area contributed by atoms with E-state index in [0.29, 0.717) is 4.67 Å². The Bertz CT molecular complexity index is 508. The summed E-state index contributed by atoms with van der Waals surface area (Å²) in [6, 6.07) is 0. The number of nitrogens with one attached hydrogen (secondary N) is 1. The van der Waals surface area contributed by atoms with Crippen molar-refractivity contribution in [1.29, 1.82) is 0 Å². The molecule has 1 unspecified atom stereocenters. The number of hydrogen-bond donors (Lipinski definition) is 1. The highest BCUT2D eigenvalue weighted by Gasteiger charge is 2.32. The second-order valence-corrected chi connectivity index (χ2v) is 4.62. The highest BCUT2D eigenvalue weighted by Crippen LogP contribution is 2.47. The number of nitrogens with zero attached hydrogens (tertiary/aromatic N) is 1. The molecule has 0 aromatic rings. The molecule has 0 bridgehead atoms. The smallest absolute Gasteiger partial charge is 0.306 e. The Balaban J connectivity index is 3.52. The van der Waals surface area contributed by atoms with E-state index in [9.17, 15) is 4.57 Å². The van der Waals surface area contributed by atoms with Gasteiger partial charge >= 0.3 is 7.67 Å². The summed E-state index contributed by atoms with van der Waals surface area (Å²) < 4.78 is 86.6. The van der Waals surface area contributed by atoms with Crippen LogP contribution in [0.4, 0.5) is 0 Å². The standard InChI is InChI=1S/C7H15Cl2N2O2P/c8-2-5-11(6-3-9)14(12)10-4-1-7-13-14/h1-7H2,(H,10,12)/i1D2,4D2,5D2,7D2/hD. The van der Waals surface area contributed by atoms with E-state index in [1.165, 1.54) is 0 Å². The first-order valence-corrected chi connectivity index (χ1v) is 6.22. The highest BCUT2D eigenvalue weighted by atomic mass is 35.5. The molecule has 14 heavy (non-hydrogen) atoms. The predicted molar refractivity (Wildman–Crippen MR) is 59.2 cm³/mol. The summed E-state index contributed by atoms with van der Waals surface area (Å²) >= 11 is 11.0. The summed E-state index contributed by atoms with van der Waals surface area (Å²) in [7, 11) is -4.99. The maximum atomic E-state index is 13.0. The largest absolute Gasteiger partial charge is 0.343 e. The number of alkyl halides is 2. The first-order valence-electron chi connectivity index (χ1n) is 8.07. The molecule has 1 saturated heterocycles. The number of rotatable bonds is 5. The summed E-state index contributed by atoms with van der Waals surface area (Å²) in [5, 5.41) is -0.377. The quantitative estimate of drug-likeness (QED) is 0.612. The Labute approximate surface area is 107 Å². The van der Waals surface area contributed by atoms with E-state index in [1.807, 2.05) is 0 Å². The topological polar surface area (TPSA) is 41.6 Å². The fourth-order valence-corrected chi connectivity index (χ4v) is 2.47. The van der Waals surface area contributed by atoms with E-state index >= 15 is 0 Å². The maximum Gasteiger partial charge on any atom is 0.343 e. The Morgan fingerprint density at radius 2 is 2.50 bits per heavy atom. The van der Waals surface area contributed by atoms with Crippen molar-refractivity contribution in [3.05, 3.63) is 0 Å². The fourth-order valence-electron chi connectivity index (χ4n) is 0.761. The molecule has 1 rings (SSSR count). The van der Waals surface area contributed by atoms with Crippen molar-refractivity contribution in [2.24, 2.45) is 0 Å². The summed E-state index contributed by atoms with van der Waals surface area (Å²) in [6.07, 6.45) is -3.35. The second kappa shape index (κ2) is 6.31. The number of hydrogen-bond acceptors (Lipinski definition) is 2. The first kappa shape index (κ1) is 4.91. The molecule has 1 aliphatic rings. The molecule has 4 nitrogen and oxygen atoms in total. The van der Waals surface area contributed by atoms with Crippen LogP contribution in [0.2, 0.25) is 1.41 Å². The van der Waals surface area contributed by atoms with Gasteiger partial charge in [-0.15, -0.1) is 23.2 Å². The summed E-state index contributed by atoms with van der Waals surface area (Å²) in [5.41, 5.74) is 0. The Morgan fingerprint density at radius 1 is 1.71 bits per heavy atom. The van der Waals surface area contributed by atoms with Crippen LogP contribution < -0.4 is 5.08 Å². The van der Waals surface area contributed by atoms with E-state index in [0.717, 1.165) is 0 Å². The second-order valence-electron chi connectivity index (χ2n) is 2.12. The van der Waals surface area contributed by atoms with Crippen molar-refractivity contribution >= 4 is 30.9 Å². The lowest BCUT2D eigenvalue weighted by Crippen LogP contribution is -2.35. The van der Waals surface area contributed by atoms with Gasteiger partial charge < -0.3 is 4.52 Å². The number of halogens is 2. The third-order valence-electron chi connectivity index (χ3n) is 1.29. The van der Waals surface area contributed by atoms with Gasteiger partial charge in [0.1, 0.15) is 1.41 Å². The van der Waals surface area contributed by atoms with Gasteiger partial charge in [-0.3, -0.25) is 4.57 Å². The Kier molecular flexibility index (Phi) is 2.21. The molecule has 84 valence electrons. The zero-order valence-corrected chi connectivity index (χ0v) is 9.44. The van der Waals surface area contributed by atoms with Gasteiger partial charge in [0.15, 0.2) is 0 Å². The monoisotopic (exact) mass is 269 g/mol. The first-order chi connectivity index (χ1) is 10.1. The SMILES string of the molecule is [2H]N1C([2H])([2H])C([2H])([2H])C([2H])([2H])OP1(=O)N(CCCl)C([2H])([2H])CCl. The lowest BCUT2D eigenvalue weighted by molar-refractivity contribution is 0.233. The van der Waals surface area contributed by atoms with Gasteiger partial charge in [-0.1, -0.05) is 0 Å². The van der Waals surface area contributed by atoms with Gasteiger partial charge in [-0.05, 0) is 6.37 Å². The van der Waals surface area contributed by atoms with Crippen LogP contribution in [0.5, 0.6) is 0 Å². The molecule has 7 heteroatoms. The van der Waals surface area contributed by atoms with Gasteiger partial charge in [-0.2, -0.15) is 0 Å². The molecule has 1 aliphatic heterocycles. The predicted octanol–water partition coefficient (Wildman–Crippen LogP) is 1.88. The maximum absolute atomic E-state index is 13.0. The van der Waals surface area contributed by atoms with E-state index < -0.39 is 46.0 Å². The molecule has 1 atom stereocenters. The summed E-state index contributed by atoms with van der Waals surface area (Å²) in [4.78, 5) is 0. The average Bonchev–Trinajstić information content (AvgIpc) is 2.41. The van der Waals surface area contributed by atoms with Gasteiger partial charge in [0.25, 0.3) is 0 Å². The van der Waals surface area contributed by atoms with E-state index in [2.05, 4.69) is 4.52 Å². The molecule has 0 aliphatic carbocycles. The minimum atomic E-state index is -4.99. The lowest BCUT2D eigenvalue weighted by atomic mass is 10.5. The summed E-state index contributed by atoms with van der Waals surface area (Å²) in [5.74, 6) is -1.04. The molecular formula is C7H15Cl2N2O2P.